The summed E-state index contributed by atoms with van der Waals surface area (Å²) in [6.45, 7) is 8.32. The normalized spacial score (nSPS) is 22.7. The Morgan fingerprint density at radius 2 is 1.90 bits per heavy atom. The lowest BCUT2D eigenvalue weighted by Crippen LogP contribution is -2.29. The van der Waals surface area contributed by atoms with Crippen molar-refractivity contribution in [2.24, 2.45) is 0 Å². The number of hydrogen-bond acceptors (Lipinski definition) is 3. The maximum absolute atomic E-state index is 3.54. The second kappa shape index (κ2) is 5.38. The third kappa shape index (κ3) is 2.23. The molecule has 4 rings (SSSR count). The van der Waals surface area contributed by atoms with Crippen molar-refractivity contribution < 1.29 is 0 Å². The van der Waals surface area contributed by atoms with Crippen molar-refractivity contribution in [1.29, 1.82) is 0 Å². The van der Waals surface area contributed by atoms with Crippen LogP contribution in [0.15, 0.2) is 12.1 Å². The van der Waals surface area contributed by atoms with Crippen molar-refractivity contribution in [3.8, 4) is 0 Å². The van der Waals surface area contributed by atoms with Crippen LogP contribution < -0.4 is 10.2 Å². The molecule has 0 aliphatic carbocycles. The number of piperidine rings is 1. The first-order chi connectivity index (χ1) is 9.92. The highest BCUT2D eigenvalue weighted by molar-refractivity contribution is 5.66. The van der Waals surface area contributed by atoms with Gasteiger partial charge in [0.1, 0.15) is 0 Å². The highest BCUT2D eigenvalue weighted by atomic mass is 15.2. The van der Waals surface area contributed by atoms with Crippen LogP contribution in [0.2, 0.25) is 0 Å². The van der Waals surface area contributed by atoms with E-state index in [1.54, 1.807) is 16.8 Å². The van der Waals surface area contributed by atoms with Gasteiger partial charge < -0.3 is 10.2 Å². The predicted octanol–water partition coefficient (Wildman–Crippen LogP) is 2.14. The number of nitrogens with zero attached hydrogens (tertiary/aromatic N) is 2. The molecule has 1 saturated heterocycles. The van der Waals surface area contributed by atoms with Gasteiger partial charge in [0.15, 0.2) is 0 Å². The van der Waals surface area contributed by atoms with Gasteiger partial charge in [0.25, 0.3) is 0 Å². The highest BCUT2D eigenvalue weighted by Gasteiger charge is 2.26. The number of nitrogens with one attached hydrogen (secondary N) is 1. The minimum absolute atomic E-state index is 1.04. The van der Waals surface area contributed by atoms with Crippen molar-refractivity contribution in [2.45, 2.75) is 38.8 Å². The molecule has 1 aromatic carbocycles. The number of likely N-dealkylation sites (tertiary alicyclic amines) is 1. The van der Waals surface area contributed by atoms with E-state index in [-0.39, 0.29) is 0 Å². The Hall–Kier alpha value is -1.06. The average molecular weight is 271 g/mol. The lowest BCUT2D eigenvalue weighted by molar-refractivity contribution is 0.220. The lowest BCUT2D eigenvalue weighted by Gasteiger charge is -2.27. The summed E-state index contributed by atoms with van der Waals surface area (Å²) in [5.41, 5.74) is 6.33. The van der Waals surface area contributed by atoms with Gasteiger partial charge in [-0.2, -0.15) is 0 Å². The fourth-order valence-electron chi connectivity index (χ4n) is 4.07. The fourth-order valence-corrected chi connectivity index (χ4v) is 4.07. The van der Waals surface area contributed by atoms with Gasteiger partial charge >= 0.3 is 0 Å². The molecule has 3 heterocycles. The Bertz CT molecular complexity index is 491. The second-order valence-corrected chi connectivity index (χ2v) is 6.46. The molecule has 0 amide bonds. The van der Waals surface area contributed by atoms with Gasteiger partial charge in [0.2, 0.25) is 0 Å². The molecule has 0 saturated carbocycles. The quantitative estimate of drug-likeness (QED) is 0.889. The molecule has 3 nitrogen and oxygen atoms in total. The molecule has 0 aromatic heterocycles. The van der Waals surface area contributed by atoms with Gasteiger partial charge in [-0.15, -0.1) is 0 Å². The van der Waals surface area contributed by atoms with Crippen LogP contribution in [-0.4, -0.2) is 37.6 Å². The van der Waals surface area contributed by atoms with E-state index in [0.29, 0.717) is 0 Å². The Balaban J connectivity index is 1.63. The molecule has 3 aliphatic rings. The summed E-state index contributed by atoms with van der Waals surface area (Å²) in [5.74, 6) is 0. The zero-order chi connectivity index (χ0) is 13.4. The van der Waals surface area contributed by atoms with E-state index in [4.69, 9.17) is 0 Å². The van der Waals surface area contributed by atoms with E-state index in [0.717, 1.165) is 13.1 Å². The van der Waals surface area contributed by atoms with Gasteiger partial charge in [0.05, 0.1) is 0 Å². The summed E-state index contributed by atoms with van der Waals surface area (Å²) in [6.07, 6.45) is 5.45. The van der Waals surface area contributed by atoms with Crippen LogP contribution in [0.3, 0.4) is 0 Å². The van der Waals surface area contributed by atoms with Crippen LogP contribution in [0, 0.1) is 0 Å². The minimum Gasteiger partial charge on any atom is -0.369 e. The van der Waals surface area contributed by atoms with Crippen LogP contribution in [0.1, 0.15) is 36.0 Å². The summed E-state index contributed by atoms with van der Waals surface area (Å²) in [6, 6.07) is 4.77. The summed E-state index contributed by atoms with van der Waals surface area (Å²) in [5, 5.41) is 3.54. The van der Waals surface area contributed by atoms with Gasteiger partial charge in [0, 0.05) is 38.4 Å². The monoisotopic (exact) mass is 271 g/mol. The maximum atomic E-state index is 3.54. The summed E-state index contributed by atoms with van der Waals surface area (Å²) >= 11 is 0. The summed E-state index contributed by atoms with van der Waals surface area (Å²) in [7, 11) is 0. The fraction of sp³-hybridized carbons (Fsp3) is 0.647. The van der Waals surface area contributed by atoms with Crippen molar-refractivity contribution in [3.63, 3.8) is 0 Å². The Morgan fingerprint density at radius 1 is 1.00 bits per heavy atom. The molecule has 108 valence electrons. The third-order valence-electron chi connectivity index (χ3n) is 5.13. The van der Waals surface area contributed by atoms with E-state index < -0.39 is 0 Å². The average Bonchev–Trinajstić information content (AvgIpc) is 2.80. The van der Waals surface area contributed by atoms with Crippen LogP contribution in [0.4, 0.5) is 5.69 Å². The van der Waals surface area contributed by atoms with Gasteiger partial charge in [-0.25, -0.2) is 0 Å². The molecule has 1 fully saturated rings. The SMILES string of the molecule is c1cc2c3c(c1CN1CCCCC1)CCN3CCNC2. The summed E-state index contributed by atoms with van der Waals surface area (Å²) in [4.78, 5) is 5.25. The first-order valence-electron chi connectivity index (χ1n) is 8.23. The molecule has 0 unspecified atom stereocenters. The zero-order valence-corrected chi connectivity index (χ0v) is 12.3. The van der Waals surface area contributed by atoms with Crippen LogP contribution in [-0.2, 0) is 19.5 Å². The van der Waals surface area contributed by atoms with Gasteiger partial charge in [-0.1, -0.05) is 18.6 Å². The van der Waals surface area contributed by atoms with Gasteiger partial charge in [-0.3, -0.25) is 4.90 Å². The molecule has 0 spiro atoms. The van der Waals surface area contributed by atoms with Crippen LogP contribution in [0.5, 0.6) is 0 Å². The molecule has 0 atom stereocenters. The van der Waals surface area contributed by atoms with Crippen LogP contribution >= 0.6 is 0 Å². The summed E-state index contributed by atoms with van der Waals surface area (Å²) < 4.78 is 0. The Labute approximate surface area is 121 Å². The second-order valence-electron chi connectivity index (χ2n) is 6.46. The van der Waals surface area contributed by atoms with Crippen molar-refractivity contribution in [2.75, 3.05) is 37.6 Å². The van der Waals surface area contributed by atoms with Crippen molar-refractivity contribution in [3.05, 3.63) is 28.8 Å². The topological polar surface area (TPSA) is 18.5 Å². The minimum atomic E-state index is 1.04. The number of rotatable bonds is 2. The predicted molar refractivity (Wildman–Crippen MR) is 83.2 cm³/mol. The number of benzene rings is 1. The first kappa shape index (κ1) is 12.7. The lowest BCUT2D eigenvalue weighted by atomic mass is 9.99. The van der Waals surface area contributed by atoms with Gasteiger partial charge in [-0.05, 0) is 49.0 Å². The molecular formula is C17H25N3. The van der Waals surface area contributed by atoms with Crippen LogP contribution in [0.25, 0.3) is 0 Å². The van der Waals surface area contributed by atoms with E-state index in [1.807, 2.05) is 0 Å². The smallest absolute Gasteiger partial charge is 0.0448 e. The first-order valence-corrected chi connectivity index (χ1v) is 8.23. The Kier molecular flexibility index (Phi) is 3.41. The molecule has 1 N–H and O–H groups in total. The van der Waals surface area contributed by atoms with E-state index in [9.17, 15) is 0 Å². The number of hydrogen-bond donors (Lipinski definition) is 1. The highest BCUT2D eigenvalue weighted by Crippen LogP contribution is 2.36. The largest absolute Gasteiger partial charge is 0.369 e. The molecule has 0 bridgehead atoms. The molecule has 3 aliphatic heterocycles. The third-order valence-corrected chi connectivity index (χ3v) is 5.13. The van der Waals surface area contributed by atoms with E-state index in [1.165, 1.54) is 64.0 Å². The van der Waals surface area contributed by atoms with Crippen molar-refractivity contribution in [1.82, 2.24) is 10.2 Å². The molecule has 1 aromatic rings. The maximum Gasteiger partial charge on any atom is 0.0448 e. The Morgan fingerprint density at radius 3 is 2.80 bits per heavy atom. The molecule has 0 radical (unpaired) electrons. The molecule has 20 heavy (non-hydrogen) atoms. The molecule has 3 heteroatoms. The van der Waals surface area contributed by atoms with Crippen molar-refractivity contribution >= 4 is 5.69 Å². The van der Waals surface area contributed by atoms with E-state index in [2.05, 4.69) is 27.2 Å². The zero-order valence-electron chi connectivity index (χ0n) is 12.3. The molecular weight excluding hydrogens is 246 g/mol. The van der Waals surface area contributed by atoms with E-state index >= 15 is 0 Å². The standard InChI is InChI=1S/C17H25N3/c1-2-8-19(9-3-1)13-15-5-4-14-12-18-7-11-20-10-6-16(15)17(14)20/h4-5,18H,1-3,6-13H2. The number of anilines is 1.